The highest BCUT2D eigenvalue weighted by Crippen LogP contribution is 2.28. The smallest absolute Gasteiger partial charge is 0.308 e. The summed E-state index contributed by atoms with van der Waals surface area (Å²) in [6.45, 7) is 6.39. The molecule has 1 rings (SSSR count). The number of hydrogen-bond acceptors (Lipinski definition) is 4. The Kier molecular flexibility index (Phi) is 7.10. The van der Waals surface area contributed by atoms with Crippen LogP contribution in [0.15, 0.2) is 23.1 Å². The third-order valence-corrected chi connectivity index (χ3v) is 4.02. The topological polar surface area (TPSA) is 73.1 Å². The van der Waals surface area contributed by atoms with E-state index in [1.54, 1.807) is 11.8 Å². The van der Waals surface area contributed by atoms with Crippen molar-refractivity contribution in [2.24, 2.45) is 11.8 Å². The van der Waals surface area contributed by atoms with Gasteiger partial charge in [-0.15, -0.1) is 11.8 Å². The molecule has 4 nitrogen and oxygen atoms in total. The Bertz CT molecular complexity index is 523. The van der Waals surface area contributed by atoms with Gasteiger partial charge >= 0.3 is 5.97 Å². The Morgan fingerprint density at radius 1 is 1.48 bits per heavy atom. The molecule has 0 aromatic heterocycles. The number of benzene rings is 1. The van der Waals surface area contributed by atoms with Crippen molar-refractivity contribution < 1.29 is 9.90 Å². The number of rotatable bonds is 8. The van der Waals surface area contributed by atoms with Gasteiger partial charge in [-0.05, 0) is 30.2 Å². The zero-order valence-corrected chi connectivity index (χ0v) is 13.5. The minimum atomic E-state index is -0.797. The average Bonchev–Trinajstić information content (AvgIpc) is 2.43. The van der Waals surface area contributed by atoms with Gasteiger partial charge in [-0.2, -0.15) is 5.26 Å². The molecular formula is C16H22N2O2S. The van der Waals surface area contributed by atoms with Crippen molar-refractivity contribution in [3.63, 3.8) is 0 Å². The van der Waals surface area contributed by atoms with Crippen LogP contribution in [0.2, 0.25) is 0 Å². The van der Waals surface area contributed by atoms with E-state index in [0.29, 0.717) is 30.1 Å². The van der Waals surface area contributed by atoms with Gasteiger partial charge in [0.15, 0.2) is 0 Å². The third kappa shape index (κ3) is 5.31. The van der Waals surface area contributed by atoms with Gasteiger partial charge in [0.25, 0.3) is 0 Å². The average molecular weight is 306 g/mol. The lowest BCUT2D eigenvalue weighted by Crippen LogP contribution is -2.24. The van der Waals surface area contributed by atoms with Crippen LogP contribution < -0.4 is 5.32 Å². The summed E-state index contributed by atoms with van der Waals surface area (Å²) < 4.78 is 0. The predicted molar refractivity (Wildman–Crippen MR) is 86.6 cm³/mol. The molecule has 1 aromatic rings. The second kappa shape index (κ2) is 8.58. The van der Waals surface area contributed by atoms with Crippen molar-refractivity contribution in [2.45, 2.75) is 32.1 Å². The van der Waals surface area contributed by atoms with Gasteiger partial charge in [0.05, 0.1) is 17.2 Å². The number of carboxylic acid groups (broad SMARTS) is 1. The quantitative estimate of drug-likeness (QED) is 0.714. The fraction of sp³-hybridized carbons (Fsp3) is 0.500. The van der Waals surface area contributed by atoms with E-state index in [0.717, 1.165) is 10.6 Å². The molecule has 5 heteroatoms. The highest BCUT2D eigenvalue weighted by molar-refractivity contribution is 7.99. The summed E-state index contributed by atoms with van der Waals surface area (Å²) in [6, 6.07) is 7.84. The molecule has 0 spiro atoms. The van der Waals surface area contributed by atoms with Crippen molar-refractivity contribution in [1.29, 1.82) is 5.26 Å². The molecule has 2 N–H and O–H groups in total. The van der Waals surface area contributed by atoms with Gasteiger partial charge in [0.1, 0.15) is 6.07 Å². The highest BCUT2D eigenvalue weighted by Gasteiger charge is 2.19. The minimum absolute atomic E-state index is 0.324. The number of anilines is 1. The normalized spacial score (nSPS) is 12.0. The summed E-state index contributed by atoms with van der Waals surface area (Å²) in [7, 11) is 0. The van der Waals surface area contributed by atoms with E-state index in [9.17, 15) is 15.2 Å². The molecular weight excluding hydrogens is 284 g/mol. The number of carboxylic acids is 1. The molecule has 0 fully saturated rings. The Morgan fingerprint density at radius 3 is 2.71 bits per heavy atom. The third-order valence-electron chi connectivity index (χ3n) is 3.08. The number of carbonyl (C=O) groups is 1. The Morgan fingerprint density at radius 2 is 2.19 bits per heavy atom. The fourth-order valence-electron chi connectivity index (χ4n) is 2.14. The maximum atomic E-state index is 11.3. The van der Waals surface area contributed by atoms with Crippen molar-refractivity contribution in [3.05, 3.63) is 23.8 Å². The molecule has 1 unspecified atom stereocenters. The molecule has 0 aliphatic rings. The second-order valence-corrected chi connectivity index (χ2v) is 6.57. The molecule has 0 aliphatic carbocycles. The maximum Gasteiger partial charge on any atom is 0.308 e. The van der Waals surface area contributed by atoms with Crippen LogP contribution in [0.25, 0.3) is 0 Å². The van der Waals surface area contributed by atoms with E-state index >= 15 is 0 Å². The first-order valence-electron chi connectivity index (χ1n) is 7.12. The number of thioether (sulfide) groups is 1. The summed E-state index contributed by atoms with van der Waals surface area (Å²) in [5.41, 5.74) is 1.31. The van der Waals surface area contributed by atoms with Gasteiger partial charge in [0, 0.05) is 11.4 Å². The molecule has 0 bridgehead atoms. The second-order valence-electron chi connectivity index (χ2n) is 5.27. The van der Waals surface area contributed by atoms with E-state index in [1.165, 1.54) is 0 Å². The monoisotopic (exact) mass is 306 g/mol. The molecule has 21 heavy (non-hydrogen) atoms. The lowest BCUT2D eigenvalue weighted by atomic mass is 9.97. The summed E-state index contributed by atoms with van der Waals surface area (Å²) in [5.74, 6) is -0.0263. The zero-order chi connectivity index (χ0) is 15.8. The van der Waals surface area contributed by atoms with Gasteiger partial charge < -0.3 is 10.4 Å². The number of nitrogens with one attached hydrogen (secondary N) is 1. The Balaban J connectivity index is 2.85. The molecule has 1 aromatic carbocycles. The van der Waals surface area contributed by atoms with Crippen LogP contribution in [0.4, 0.5) is 5.69 Å². The SMILES string of the molecule is CCSc1cccc(NCC(CC(C)C)C(=O)O)c1C#N. The molecule has 0 radical (unpaired) electrons. The number of nitriles is 1. The van der Waals surface area contributed by atoms with Crippen LogP contribution in [0.3, 0.4) is 0 Å². The molecule has 1 atom stereocenters. The largest absolute Gasteiger partial charge is 0.481 e. The van der Waals surface area contributed by atoms with E-state index < -0.39 is 11.9 Å². The first-order valence-corrected chi connectivity index (χ1v) is 8.10. The maximum absolute atomic E-state index is 11.3. The van der Waals surface area contributed by atoms with E-state index in [2.05, 4.69) is 11.4 Å². The fourth-order valence-corrected chi connectivity index (χ4v) is 2.93. The minimum Gasteiger partial charge on any atom is -0.481 e. The van der Waals surface area contributed by atoms with Crippen LogP contribution in [-0.4, -0.2) is 23.4 Å². The highest BCUT2D eigenvalue weighted by atomic mass is 32.2. The van der Waals surface area contributed by atoms with Gasteiger partial charge in [-0.3, -0.25) is 4.79 Å². The van der Waals surface area contributed by atoms with E-state index in [-0.39, 0.29) is 0 Å². The van der Waals surface area contributed by atoms with Gasteiger partial charge in [0.2, 0.25) is 0 Å². The Hall–Kier alpha value is -1.67. The molecule has 0 amide bonds. The molecule has 0 aliphatic heterocycles. The van der Waals surface area contributed by atoms with Crippen molar-refractivity contribution in [1.82, 2.24) is 0 Å². The van der Waals surface area contributed by atoms with Crippen molar-refractivity contribution in [2.75, 3.05) is 17.6 Å². The lowest BCUT2D eigenvalue weighted by molar-refractivity contribution is -0.141. The molecule has 0 saturated carbocycles. The number of hydrogen-bond donors (Lipinski definition) is 2. The molecule has 0 heterocycles. The zero-order valence-electron chi connectivity index (χ0n) is 12.7. The van der Waals surface area contributed by atoms with Crippen LogP contribution in [0.5, 0.6) is 0 Å². The number of aliphatic carboxylic acids is 1. The van der Waals surface area contributed by atoms with Gasteiger partial charge in [-0.1, -0.05) is 26.8 Å². The predicted octanol–water partition coefficient (Wildman–Crippen LogP) is 3.83. The summed E-state index contributed by atoms with van der Waals surface area (Å²) in [6.07, 6.45) is 0.619. The van der Waals surface area contributed by atoms with Crippen LogP contribution in [0.1, 0.15) is 32.8 Å². The van der Waals surface area contributed by atoms with E-state index in [4.69, 9.17) is 0 Å². The lowest BCUT2D eigenvalue weighted by Gasteiger charge is -2.17. The summed E-state index contributed by atoms with van der Waals surface area (Å²) in [4.78, 5) is 12.2. The summed E-state index contributed by atoms with van der Waals surface area (Å²) in [5, 5.41) is 21.7. The molecule has 0 saturated heterocycles. The first-order chi connectivity index (χ1) is 9.99. The number of nitrogens with zero attached hydrogens (tertiary/aromatic N) is 1. The molecule has 114 valence electrons. The standard InChI is InChI=1S/C16H22N2O2S/c1-4-21-15-7-5-6-14(13(15)9-17)18-10-12(16(19)20)8-11(2)3/h5-7,11-12,18H,4,8,10H2,1-3H3,(H,19,20). The summed E-state index contributed by atoms with van der Waals surface area (Å²) >= 11 is 1.61. The van der Waals surface area contributed by atoms with Crippen LogP contribution in [0, 0.1) is 23.2 Å². The van der Waals surface area contributed by atoms with Crippen LogP contribution >= 0.6 is 11.8 Å². The van der Waals surface area contributed by atoms with Crippen molar-refractivity contribution >= 4 is 23.4 Å². The van der Waals surface area contributed by atoms with Gasteiger partial charge in [-0.25, -0.2) is 0 Å². The Labute approximate surface area is 130 Å². The first kappa shape index (κ1) is 17.4. The van der Waals surface area contributed by atoms with Crippen LogP contribution in [-0.2, 0) is 4.79 Å². The van der Waals surface area contributed by atoms with Crippen molar-refractivity contribution in [3.8, 4) is 6.07 Å². The van der Waals surface area contributed by atoms with E-state index in [1.807, 2.05) is 39.0 Å².